The Morgan fingerprint density at radius 2 is 2.30 bits per heavy atom. The zero-order valence-electron chi connectivity index (χ0n) is 6.58. The topological polar surface area (TPSA) is 23.5 Å². The van der Waals surface area contributed by atoms with Gasteiger partial charge in [0.25, 0.3) is 0 Å². The fraction of sp³-hybridized carbons (Fsp3) is 0.857. The van der Waals surface area contributed by atoms with Crippen molar-refractivity contribution in [3.05, 3.63) is 0 Å². The van der Waals surface area contributed by atoms with Gasteiger partial charge in [0.05, 0.1) is 6.10 Å². The van der Waals surface area contributed by atoms with Gasteiger partial charge in [-0.1, -0.05) is 0 Å². The van der Waals surface area contributed by atoms with Crippen LogP contribution >= 0.6 is 10.5 Å². The molecule has 0 amide bonds. The number of hydrogen-bond acceptors (Lipinski definition) is 1. The normalized spacial score (nSPS) is 27.8. The lowest BCUT2D eigenvalue weighted by atomic mass is 10.3. The summed E-state index contributed by atoms with van der Waals surface area (Å²) in [7, 11) is 0.369. The number of rotatable bonds is 1. The van der Waals surface area contributed by atoms with E-state index in [9.17, 15) is 0 Å². The van der Waals surface area contributed by atoms with Crippen LogP contribution in [0.25, 0.3) is 0 Å². The van der Waals surface area contributed by atoms with Gasteiger partial charge in [0.2, 0.25) is 0 Å². The number of aliphatic hydroxyl groups is 1. The second kappa shape index (κ2) is 3.51. The molecule has 1 unspecified atom stereocenters. The van der Waals surface area contributed by atoms with Crippen molar-refractivity contribution in [2.24, 2.45) is 0 Å². The average Bonchev–Trinajstić information content (AvgIpc) is 2.13. The lowest BCUT2D eigenvalue weighted by Crippen LogP contribution is -2.19. The quantitative estimate of drug-likeness (QED) is 0.561. The Balaban J connectivity index is 2.38. The number of aliphatic hydroxyl groups excluding tert-OH is 1. The molecule has 0 aliphatic carbocycles. The van der Waals surface area contributed by atoms with Gasteiger partial charge in [-0.3, -0.25) is 4.90 Å². The summed E-state index contributed by atoms with van der Waals surface area (Å²) in [6.45, 7) is 1.87. The lowest BCUT2D eigenvalue weighted by Gasteiger charge is -2.08. The fourth-order valence-electron chi connectivity index (χ4n) is 1.16. The number of β-amino-alcohol motifs (C(OH)–C–C–N with tert-alkyl or cyclic N) is 1. The molecule has 1 aliphatic heterocycles. The molecule has 2 nitrogen and oxygen atoms in total. The minimum Gasteiger partial charge on any atom is -0.392 e. The van der Waals surface area contributed by atoms with Crippen LogP contribution in [0.15, 0.2) is 0 Å². The second-order valence-corrected chi connectivity index (χ2v) is 4.89. The van der Waals surface area contributed by atoms with Crippen LogP contribution in [0, 0.1) is 0 Å². The maximum Gasteiger partial charge on any atom is 0.0683 e. The molecule has 0 radical (unpaired) electrons. The van der Waals surface area contributed by atoms with Crippen LogP contribution in [-0.2, 0) is 0 Å². The first kappa shape index (κ1) is 8.24. The monoisotopic (exact) mass is 161 g/mol. The molecular formula is C7H15NOS. The summed E-state index contributed by atoms with van der Waals surface area (Å²) in [6.07, 6.45) is 5.23. The molecule has 1 aliphatic rings. The largest absolute Gasteiger partial charge is 0.392 e. The van der Waals surface area contributed by atoms with E-state index in [2.05, 4.69) is 22.9 Å². The second-order valence-electron chi connectivity index (χ2n) is 2.92. The third-order valence-electron chi connectivity index (χ3n) is 1.55. The van der Waals surface area contributed by atoms with E-state index >= 15 is 0 Å². The first-order valence-corrected chi connectivity index (χ1v) is 5.62. The van der Waals surface area contributed by atoms with Crippen LogP contribution in [0.2, 0.25) is 0 Å². The molecule has 0 spiro atoms. The summed E-state index contributed by atoms with van der Waals surface area (Å²) in [5.41, 5.74) is 2.22. The van der Waals surface area contributed by atoms with Crippen molar-refractivity contribution >= 4 is 16.0 Å². The molecule has 1 fully saturated rings. The van der Waals surface area contributed by atoms with Crippen molar-refractivity contribution in [2.45, 2.75) is 12.5 Å². The first-order valence-electron chi connectivity index (χ1n) is 3.52. The van der Waals surface area contributed by atoms with E-state index in [1.807, 2.05) is 0 Å². The van der Waals surface area contributed by atoms with Crippen molar-refractivity contribution in [1.29, 1.82) is 0 Å². The number of hydrogen-bond donors (Lipinski definition) is 1. The Labute approximate surface area is 64.8 Å². The van der Waals surface area contributed by atoms with Gasteiger partial charge >= 0.3 is 0 Å². The Bertz CT molecular complexity index is 143. The van der Waals surface area contributed by atoms with E-state index in [-0.39, 0.29) is 6.10 Å². The van der Waals surface area contributed by atoms with E-state index in [4.69, 9.17) is 5.11 Å². The van der Waals surface area contributed by atoms with Crippen LogP contribution < -0.4 is 0 Å². The standard InChI is InChI=1S/C7H15NOS/c1-10(2)6-8-4-3-7(9)5-8/h6-7,9H,3-5H2,1-2H3. The molecule has 0 bridgehead atoms. The lowest BCUT2D eigenvalue weighted by molar-refractivity contribution is 0.189. The van der Waals surface area contributed by atoms with E-state index in [1.54, 1.807) is 0 Å². The highest BCUT2D eigenvalue weighted by Crippen LogP contribution is 2.08. The molecule has 1 atom stereocenters. The number of nitrogens with zero attached hydrogens (tertiary/aromatic N) is 1. The van der Waals surface area contributed by atoms with Crippen molar-refractivity contribution < 1.29 is 5.11 Å². The van der Waals surface area contributed by atoms with Gasteiger partial charge < -0.3 is 5.11 Å². The molecular weight excluding hydrogens is 146 g/mol. The van der Waals surface area contributed by atoms with Crippen LogP contribution in [0.5, 0.6) is 0 Å². The van der Waals surface area contributed by atoms with Gasteiger partial charge in [-0.15, -0.1) is 0 Å². The molecule has 60 valence electrons. The third kappa shape index (κ3) is 2.40. The minimum atomic E-state index is -0.0835. The molecule has 1 heterocycles. The summed E-state index contributed by atoms with van der Waals surface area (Å²) in [4.78, 5) is 2.22. The molecule has 0 saturated carbocycles. The van der Waals surface area contributed by atoms with Gasteiger partial charge in [-0.25, -0.2) is 0 Å². The van der Waals surface area contributed by atoms with Crippen molar-refractivity contribution in [3.8, 4) is 0 Å². The SMILES string of the molecule is CS(C)=CN1CCC(O)C1. The molecule has 1 saturated heterocycles. The predicted octanol–water partition coefficient (Wildman–Crippen LogP) is 0.341. The van der Waals surface area contributed by atoms with E-state index in [1.165, 1.54) is 0 Å². The Morgan fingerprint density at radius 3 is 2.70 bits per heavy atom. The maximum absolute atomic E-state index is 9.15. The Morgan fingerprint density at radius 1 is 1.60 bits per heavy atom. The minimum absolute atomic E-state index is 0.0835. The summed E-state index contributed by atoms with van der Waals surface area (Å²) >= 11 is 0. The van der Waals surface area contributed by atoms with E-state index < -0.39 is 0 Å². The molecule has 1 rings (SSSR count). The van der Waals surface area contributed by atoms with Crippen LogP contribution in [-0.4, -0.2) is 47.2 Å². The first-order chi connectivity index (χ1) is 4.68. The number of likely N-dealkylation sites (tertiary alicyclic amines) is 1. The van der Waals surface area contributed by atoms with Gasteiger partial charge in [-0.2, -0.15) is 10.5 Å². The van der Waals surface area contributed by atoms with E-state index in [0.29, 0.717) is 10.5 Å². The smallest absolute Gasteiger partial charge is 0.0683 e. The van der Waals surface area contributed by atoms with Crippen molar-refractivity contribution in [1.82, 2.24) is 4.90 Å². The van der Waals surface area contributed by atoms with Crippen LogP contribution in [0.1, 0.15) is 6.42 Å². The molecule has 0 aromatic carbocycles. The Hall–Kier alpha value is 0.140. The van der Waals surface area contributed by atoms with Gasteiger partial charge in [0.1, 0.15) is 0 Å². The Kier molecular flexibility index (Phi) is 2.89. The molecule has 10 heavy (non-hydrogen) atoms. The summed E-state index contributed by atoms with van der Waals surface area (Å²) in [5.74, 6) is 0. The zero-order chi connectivity index (χ0) is 7.56. The highest BCUT2D eigenvalue weighted by atomic mass is 32.2. The van der Waals surface area contributed by atoms with Gasteiger partial charge in [0, 0.05) is 18.6 Å². The van der Waals surface area contributed by atoms with Gasteiger partial charge in [0.15, 0.2) is 0 Å². The molecule has 0 aromatic rings. The molecule has 3 heteroatoms. The van der Waals surface area contributed by atoms with Crippen LogP contribution in [0.3, 0.4) is 0 Å². The maximum atomic E-state index is 9.15. The highest BCUT2D eigenvalue weighted by molar-refractivity contribution is 8.13. The van der Waals surface area contributed by atoms with Gasteiger partial charge in [-0.05, 0) is 18.9 Å². The average molecular weight is 161 g/mol. The summed E-state index contributed by atoms with van der Waals surface area (Å²) < 4.78 is 0. The summed E-state index contributed by atoms with van der Waals surface area (Å²) in [5, 5.41) is 9.15. The van der Waals surface area contributed by atoms with Crippen LogP contribution in [0.4, 0.5) is 0 Å². The fourth-order valence-corrected chi connectivity index (χ4v) is 1.95. The van der Waals surface area contributed by atoms with Crippen molar-refractivity contribution in [2.75, 3.05) is 25.6 Å². The van der Waals surface area contributed by atoms with E-state index in [0.717, 1.165) is 19.5 Å². The van der Waals surface area contributed by atoms with Crippen molar-refractivity contribution in [3.63, 3.8) is 0 Å². The summed E-state index contributed by atoms with van der Waals surface area (Å²) in [6, 6.07) is 0. The molecule has 0 aromatic heterocycles. The predicted molar refractivity (Wildman–Crippen MR) is 47.7 cm³/mol. The zero-order valence-corrected chi connectivity index (χ0v) is 7.40. The molecule has 1 N–H and O–H groups in total. The third-order valence-corrected chi connectivity index (χ3v) is 2.27. The highest BCUT2D eigenvalue weighted by Gasteiger charge is 2.17.